The van der Waals surface area contributed by atoms with Crippen molar-refractivity contribution in [3.05, 3.63) is 87.5 Å². The zero-order chi connectivity index (χ0) is 14.0. The Kier molecular flexibility index (Phi) is 4.31. The smallest absolute Gasteiger partial charge is 0.0687 e. The molecule has 0 aromatic heterocycles. The maximum Gasteiger partial charge on any atom is 0.0687 e. The van der Waals surface area contributed by atoms with Gasteiger partial charge in [-0.2, -0.15) is 0 Å². The Hall–Kier alpha value is -0.620. The number of hydrogen-bond donors (Lipinski definition) is 0. The highest BCUT2D eigenvalue weighted by Gasteiger charge is 2.26. The predicted octanol–water partition coefficient (Wildman–Crippen LogP) is 5.97. The van der Waals surface area contributed by atoms with Crippen LogP contribution in [-0.2, 0) is 3.42 Å². The highest BCUT2D eigenvalue weighted by Crippen LogP contribution is 2.41. The van der Waals surface area contributed by atoms with E-state index in [2.05, 4.69) is 118 Å². The van der Waals surface area contributed by atoms with E-state index in [4.69, 9.17) is 0 Å². The molecule has 1 aliphatic rings. The second-order valence-corrected chi connectivity index (χ2v) is 8.10. The predicted molar refractivity (Wildman–Crippen MR) is 103 cm³/mol. The van der Waals surface area contributed by atoms with Gasteiger partial charge in [-0.3, -0.25) is 0 Å². The summed E-state index contributed by atoms with van der Waals surface area (Å²) in [6, 6.07) is 19.4. The molecule has 0 aliphatic heterocycles. The molecule has 3 rings (SSSR count). The summed E-state index contributed by atoms with van der Waals surface area (Å²) in [5.74, 6) is 0. The largest absolute Gasteiger partial charge is 0.0747 e. The van der Waals surface area contributed by atoms with E-state index >= 15 is 0 Å². The lowest BCUT2D eigenvalue weighted by atomic mass is 9.88. The number of alkyl halides is 1. The van der Waals surface area contributed by atoms with E-state index in [9.17, 15) is 0 Å². The van der Waals surface area contributed by atoms with Gasteiger partial charge in [-0.1, -0.05) is 83.3 Å². The average Bonchev–Trinajstić information content (AvgIpc) is 2.50. The molecule has 0 amide bonds. The van der Waals surface area contributed by atoms with Crippen LogP contribution < -0.4 is 0 Å². The Morgan fingerprint density at radius 1 is 0.900 bits per heavy atom. The van der Waals surface area contributed by atoms with E-state index in [-0.39, 0.29) is 3.42 Å². The second kappa shape index (κ2) is 6.02. The molecule has 20 heavy (non-hydrogen) atoms. The Bertz CT molecular complexity index is 654. The minimum atomic E-state index is 0.0890. The van der Waals surface area contributed by atoms with Crippen LogP contribution in [0.1, 0.15) is 17.5 Å². The lowest BCUT2D eigenvalue weighted by molar-refractivity contribution is 0.821. The molecule has 2 aromatic carbocycles. The van der Waals surface area contributed by atoms with Crippen molar-refractivity contribution in [1.82, 2.24) is 0 Å². The van der Waals surface area contributed by atoms with Gasteiger partial charge in [0.15, 0.2) is 0 Å². The Morgan fingerprint density at radius 2 is 1.60 bits per heavy atom. The highest BCUT2D eigenvalue weighted by atomic mass is 127. The standard InChI is InChI=1S/C18H14I2/c19-17-8-6-14(7-9-17)15-10-12-18(20,13-11-15)16-4-2-1-3-5-16/h1-12H,13H2. The first kappa shape index (κ1) is 14.3. The van der Waals surface area contributed by atoms with Gasteiger partial charge in [0.1, 0.15) is 0 Å². The molecule has 0 N–H and O–H groups in total. The van der Waals surface area contributed by atoms with Crippen LogP contribution >= 0.6 is 45.2 Å². The van der Waals surface area contributed by atoms with Crippen LogP contribution in [0.25, 0.3) is 5.57 Å². The first-order valence-corrected chi connectivity index (χ1v) is 8.73. The average molecular weight is 484 g/mol. The number of benzene rings is 2. The van der Waals surface area contributed by atoms with Crippen molar-refractivity contribution < 1.29 is 0 Å². The summed E-state index contributed by atoms with van der Waals surface area (Å²) in [6.45, 7) is 0. The van der Waals surface area contributed by atoms with Crippen LogP contribution in [0.5, 0.6) is 0 Å². The van der Waals surface area contributed by atoms with Crippen LogP contribution in [0.4, 0.5) is 0 Å². The summed E-state index contributed by atoms with van der Waals surface area (Å²) in [5, 5.41) is 0. The maximum absolute atomic E-state index is 2.56. The minimum Gasteiger partial charge on any atom is -0.0747 e. The van der Waals surface area contributed by atoms with E-state index in [0.29, 0.717) is 0 Å². The molecule has 0 radical (unpaired) electrons. The van der Waals surface area contributed by atoms with Crippen LogP contribution in [0, 0.1) is 3.57 Å². The summed E-state index contributed by atoms with van der Waals surface area (Å²) < 4.78 is 1.37. The molecule has 0 bridgehead atoms. The third-order valence-corrected chi connectivity index (χ3v) is 5.72. The van der Waals surface area contributed by atoms with Crippen LogP contribution in [0.2, 0.25) is 0 Å². The lowest BCUT2D eigenvalue weighted by Gasteiger charge is -2.26. The Balaban J connectivity index is 1.85. The third kappa shape index (κ3) is 3.01. The highest BCUT2D eigenvalue weighted by molar-refractivity contribution is 14.1. The molecular weight excluding hydrogens is 470 g/mol. The number of rotatable bonds is 2. The van der Waals surface area contributed by atoms with Gasteiger partial charge in [-0.15, -0.1) is 0 Å². The SMILES string of the molecule is Ic1ccc(C2=CCC(I)(c3ccccc3)C=C2)cc1. The van der Waals surface area contributed by atoms with Gasteiger partial charge in [-0.05, 0) is 57.8 Å². The van der Waals surface area contributed by atoms with Crippen LogP contribution in [0.3, 0.4) is 0 Å². The molecular formula is C18H14I2. The zero-order valence-electron chi connectivity index (χ0n) is 10.9. The molecule has 0 fully saturated rings. The molecule has 2 aromatic rings. The molecule has 0 saturated heterocycles. The monoisotopic (exact) mass is 484 g/mol. The molecule has 1 atom stereocenters. The lowest BCUT2D eigenvalue weighted by Crippen LogP contribution is -2.15. The fourth-order valence-corrected chi connectivity index (χ4v) is 3.52. The number of halogens is 2. The molecule has 1 unspecified atom stereocenters. The normalized spacial score (nSPS) is 21.6. The first-order chi connectivity index (χ1) is 9.67. The molecule has 0 spiro atoms. The minimum absolute atomic E-state index is 0.0890. The quantitative estimate of drug-likeness (QED) is 0.365. The summed E-state index contributed by atoms with van der Waals surface area (Å²) >= 11 is 4.90. The number of allylic oxidation sites excluding steroid dienone is 4. The molecule has 0 nitrogen and oxygen atoms in total. The summed E-state index contributed by atoms with van der Waals surface area (Å²) in [4.78, 5) is 0. The second-order valence-electron chi connectivity index (χ2n) is 4.93. The summed E-state index contributed by atoms with van der Waals surface area (Å²) in [5.41, 5.74) is 3.99. The zero-order valence-corrected chi connectivity index (χ0v) is 15.2. The van der Waals surface area contributed by atoms with Crippen molar-refractivity contribution in [3.8, 4) is 0 Å². The van der Waals surface area contributed by atoms with E-state index in [1.807, 2.05) is 0 Å². The fraction of sp³-hybridized carbons (Fsp3) is 0.111. The van der Waals surface area contributed by atoms with Crippen molar-refractivity contribution in [2.45, 2.75) is 9.84 Å². The fourth-order valence-electron chi connectivity index (χ4n) is 2.40. The van der Waals surface area contributed by atoms with E-state index in [0.717, 1.165) is 6.42 Å². The van der Waals surface area contributed by atoms with Gasteiger partial charge in [-0.25, -0.2) is 0 Å². The third-order valence-electron chi connectivity index (χ3n) is 3.58. The van der Waals surface area contributed by atoms with Crippen molar-refractivity contribution in [2.75, 3.05) is 0 Å². The number of hydrogen-bond acceptors (Lipinski definition) is 0. The molecule has 2 heteroatoms. The first-order valence-electron chi connectivity index (χ1n) is 6.57. The van der Waals surface area contributed by atoms with Gasteiger partial charge in [0.2, 0.25) is 0 Å². The molecule has 0 heterocycles. The topological polar surface area (TPSA) is 0 Å². The van der Waals surface area contributed by atoms with E-state index < -0.39 is 0 Å². The van der Waals surface area contributed by atoms with Crippen LogP contribution in [0.15, 0.2) is 72.8 Å². The Labute approximate surface area is 147 Å². The summed E-state index contributed by atoms with van der Waals surface area (Å²) in [7, 11) is 0. The molecule has 1 aliphatic carbocycles. The maximum atomic E-state index is 2.56. The van der Waals surface area contributed by atoms with Gasteiger partial charge in [0, 0.05) is 3.57 Å². The van der Waals surface area contributed by atoms with Crippen molar-refractivity contribution in [2.24, 2.45) is 0 Å². The van der Waals surface area contributed by atoms with Crippen LogP contribution in [-0.4, -0.2) is 0 Å². The van der Waals surface area contributed by atoms with Crippen molar-refractivity contribution >= 4 is 50.8 Å². The van der Waals surface area contributed by atoms with Crippen molar-refractivity contribution in [1.29, 1.82) is 0 Å². The molecule has 100 valence electrons. The Morgan fingerprint density at radius 3 is 2.20 bits per heavy atom. The van der Waals surface area contributed by atoms with Gasteiger partial charge in [0.25, 0.3) is 0 Å². The van der Waals surface area contributed by atoms with Gasteiger partial charge in [0.05, 0.1) is 3.42 Å². The summed E-state index contributed by atoms with van der Waals surface area (Å²) in [6.07, 6.45) is 7.97. The van der Waals surface area contributed by atoms with Gasteiger partial charge < -0.3 is 0 Å². The van der Waals surface area contributed by atoms with Crippen molar-refractivity contribution in [3.63, 3.8) is 0 Å². The van der Waals surface area contributed by atoms with E-state index in [1.54, 1.807) is 0 Å². The van der Waals surface area contributed by atoms with Gasteiger partial charge >= 0.3 is 0 Å². The molecule has 0 saturated carbocycles. The van der Waals surface area contributed by atoms with E-state index in [1.165, 1.54) is 20.3 Å².